The zero-order valence-corrected chi connectivity index (χ0v) is 18.2. The maximum Gasteiger partial charge on any atom is 0.311 e. The highest BCUT2D eigenvalue weighted by molar-refractivity contribution is 5.73. The van der Waals surface area contributed by atoms with Crippen LogP contribution in [0.1, 0.15) is 89.5 Å². The van der Waals surface area contributed by atoms with Gasteiger partial charge in [0.2, 0.25) is 0 Å². The Kier molecular flexibility index (Phi) is 8.34. The van der Waals surface area contributed by atoms with Gasteiger partial charge in [0, 0.05) is 6.42 Å². The van der Waals surface area contributed by atoms with Crippen LogP contribution in [0, 0.1) is 5.92 Å². The summed E-state index contributed by atoms with van der Waals surface area (Å²) in [5.74, 6) is 2.15. The first-order valence-corrected chi connectivity index (χ1v) is 11.6. The predicted molar refractivity (Wildman–Crippen MR) is 121 cm³/mol. The maximum absolute atomic E-state index is 11.6. The third kappa shape index (κ3) is 6.45. The lowest BCUT2D eigenvalue weighted by molar-refractivity contribution is -0.134. The number of ether oxygens (including phenoxy) is 1. The molecule has 1 saturated carbocycles. The molecule has 0 aliphatic heterocycles. The summed E-state index contributed by atoms with van der Waals surface area (Å²) >= 11 is 0. The normalized spacial score (nSPS) is 19.1. The molecule has 3 rings (SSSR count). The molecule has 0 spiro atoms. The Labute approximate surface area is 176 Å². The summed E-state index contributed by atoms with van der Waals surface area (Å²) in [6.07, 6.45) is 12.3. The summed E-state index contributed by atoms with van der Waals surface area (Å²) < 4.78 is 5.34. The topological polar surface area (TPSA) is 26.3 Å². The second-order valence-electron chi connectivity index (χ2n) is 8.58. The zero-order valence-electron chi connectivity index (χ0n) is 18.2. The van der Waals surface area contributed by atoms with Crippen LogP contribution in [-0.2, 0) is 4.79 Å². The summed E-state index contributed by atoms with van der Waals surface area (Å²) in [5.41, 5.74) is 3.87. The van der Waals surface area contributed by atoms with Crippen molar-refractivity contribution in [3.05, 3.63) is 54.1 Å². The van der Waals surface area contributed by atoms with Crippen molar-refractivity contribution < 1.29 is 9.53 Å². The predicted octanol–water partition coefficient (Wildman–Crippen LogP) is 7.91. The largest absolute Gasteiger partial charge is 0.427 e. The average molecular weight is 393 g/mol. The van der Waals surface area contributed by atoms with E-state index in [1.807, 2.05) is 31.2 Å². The highest BCUT2D eigenvalue weighted by Crippen LogP contribution is 2.38. The molecule has 0 saturated heterocycles. The number of rotatable bonds is 9. The number of esters is 1. The molecule has 0 unspecified atom stereocenters. The fourth-order valence-corrected chi connectivity index (χ4v) is 4.52. The van der Waals surface area contributed by atoms with E-state index in [0.717, 1.165) is 23.8 Å². The molecule has 2 aromatic rings. The van der Waals surface area contributed by atoms with E-state index >= 15 is 0 Å². The van der Waals surface area contributed by atoms with Gasteiger partial charge in [-0.3, -0.25) is 4.79 Å². The molecule has 1 fully saturated rings. The Bertz CT molecular complexity index is 737. The second-order valence-corrected chi connectivity index (χ2v) is 8.58. The van der Waals surface area contributed by atoms with Crippen molar-refractivity contribution in [3.63, 3.8) is 0 Å². The van der Waals surface area contributed by atoms with Gasteiger partial charge >= 0.3 is 5.97 Å². The van der Waals surface area contributed by atoms with Crippen LogP contribution in [-0.4, -0.2) is 5.97 Å². The van der Waals surface area contributed by atoms with E-state index in [4.69, 9.17) is 4.74 Å². The number of unbranched alkanes of at least 4 members (excludes halogenated alkanes) is 2. The summed E-state index contributed by atoms with van der Waals surface area (Å²) in [6.45, 7) is 4.27. The minimum atomic E-state index is -0.162. The number of carbonyl (C=O) groups excluding carboxylic acids is 1. The number of hydrogen-bond donors (Lipinski definition) is 0. The van der Waals surface area contributed by atoms with Crippen LogP contribution in [0.5, 0.6) is 5.75 Å². The van der Waals surface area contributed by atoms with Gasteiger partial charge in [0.15, 0.2) is 0 Å². The van der Waals surface area contributed by atoms with Gasteiger partial charge in [0.25, 0.3) is 0 Å². The molecule has 0 N–H and O–H groups in total. The van der Waals surface area contributed by atoms with E-state index in [1.54, 1.807) is 0 Å². The number of carbonyl (C=O) groups is 1. The lowest BCUT2D eigenvalue weighted by atomic mass is 9.77. The molecule has 0 aromatic heterocycles. The van der Waals surface area contributed by atoms with Crippen LogP contribution in [0.2, 0.25) is 0 Å². The lowest BCUT2D eigenvalue weighted by Crippen LogP contribution is -2.13. The van der Waals surface area contributed by atoms with Gasteiger partial charge in [0.1, 0.15) is 5.75 Å². The molecule has 156 valence electrons. The number of benzene rings is 2. The first-order chi connectivity index (χ1) is 14.2. The zero-order chi connectivity index (χ0) is 20.5. The summed E-state index contributed by atoms with van der Waals surface area (Å²) in [7, 11) is 0. The minimum absolute atomic E-state index is 0.162. The third-order valence-electron chi connectivity index (χ3n) is 6.32. The maximum atomic E-state index is 11.6. The van der Waals surface area contributed by atoms with Gasteiger partial charge in [-0.2, -0.15) is 0 Å². The van der Waals surface area contributed by atoms with Crippen molar-refractivity contribution in [2.24, 2.45) is 5.92 Å². The molecule has 0 bridgehead atoms. The van der Waals surface area contributed by atoms with Crippen LogP contribution in [0.15, 0.2) is 48.5 Å². The quantitative estimate of drug-likeness (QED) is 0.246. The second kappa shape index (κ2) is 11.2. The van der Waals surface area contributed by atoms with Crippen LogP contribution in [0.4, 0.5) is 0 Å². The fraction of sp³-hybridized carbons (Fsp3) is 0.519. The Morgan fingerprint density at radius 1 is 0.828 bits per heavy atom. The van der Waals surface area contributed by atoms with E-state index in [0.29, 0.717) is 12.2 Å². The highest BCUT2D eigenvalue weighted by atomic mass is 16.5. The van der Waals surface area contributed by atoms with Crippen molar-refractivity contribution in [1.82, 2.24) is 0 Å². The van der Waals surface area contributed by atoms with Gasteiger partial charge in [-0.25, -0.2) is 0 Å². The van der Waals surface area contributed by atoms with E-state index in [1.165, 1.54) is 62.5 Å². The van der Waals surface area contributed by atoms with E-state index in [9.17, 15) is 4.79 Å². The molecule has 0 radical (unpaired) electrons. The first-order valence-electron chi connectivity index (χ1n) is 11.6. The molecule has 2 aromatic carbocycles. The number of hydrogen-bond acceptors (Lipinski definition) is 2. The van der Waals surface area contributed by atoms with Gasteiger partial charge in [-0.15, -0.1) is 0 Å². The molecular weight excluding hydrogens is 356 g/mol. The van der Waals surface area contributed by atoms with Crippen molar-refractivity contribution in [3.8, 4) is 16.9 Å². The Hall–Kier alpha value is -2.09. The molecule has 1 aliphatic rings. The first kappa shape index (κ1) is 21.6. The van der Waals surface area contributed by atoms with Crippen LogP contribution in [0.3, 0.4) is 0 Å². The van der Waals surface area contributed by atoms with Crippen molar-refractivity contribution in [2.45, 2.75) is 84.0 Å². The molecule has 0 heterocycles. The van der Waals surface area contributed by atoms with Crippen molar-refractivity contribution in [2.75, 3.05) is 0 Å². The van der Waals surface area contributed by atoms with Crippen molar-refractivity contribution in [1.29, 1.82) is 0 Å². The molecule has 0 atom stereocenters. The molecule has 0 amide bonds. The van der Waals surface area contributed by atoms with Crippen LogP contribution < -0.4 is 4.74 Å². The van der Waals surface area contributed by atoms with Gasteiger partial charge in [0.05, 0.1) is 0 Å². The Morgan fingerprint density at radius 3 is 2.03 bits per heavy atom. The van der Waals surface area contributed by atoms with Gasteiger partial charge in [-0.05, 0) is 72.8 Å². The standard InChI is InChI=1S/C27H36O2/c1-3-5-6-8-21-9-11-22(12-10-21)23-13-15-24(16-14-23)25-17-19-26(20-18-25)29-27(28)7-4-2/h13-22H,3-12H2,1-2H3. The Balaban J connectivity index is 1.53. The minimum Gasteiger partial charge on any atom is -0.427 e. The van der Waals surface area contributed by atoms with E-state index < -0.39 is 0 Å². The lowest BCUT2D eigenvalue weighted by Gasteiger charge is -2.29. The summed E-state index contributed by atoms with van der Waals surface area (Å²) in [4.78, 5) is 11.6. The molecule has 1 aliphatic carbocycles. The third-order valence-corrected chi connectivity index (χ3v) is 6.32. The monoisotopic (exact) mass is 392 g/mol. The van der Waals surface area contributed by atoms with Gasteiger partial charge in [-0.1, -0.05) is 75.9 Å². The Morgan fingerprint density at radius 2 is 1.45 bits per heavy atom. The summed E-state index contributed by atoms with van der Waals surface area (Å²) in [5, 5.41) is 0. The van der Waals surface area contributed by atoms with Crippen LogP contribution >= 0.6 is 0 Å². The van der Waals surface area contributed by atoms with Gasteiger partial charge < -0.3 is 4.74 Å². The molecule has 2 nitrogen and oxygen atoms in total. The van der Waals surface area contributed by atoms with E-state index in [-0.39, 0.29) is 5.97 Å². The average Bonchev–Trinajstić information content (AvgIpc) is 2.75. The van der Waals surface area contributed by atoms with E-state index in [2.05, 4.69) is 31.2 Å². The molecule has 2 heteroatoms. The van der Waals surface area contributed by atoms with Crippen LogP contribution in [0.25, 0.3) is 11.1 Å². The van der Waals surface area contributed by atoms with Crippen molar-refractivity contribution >= 4 is 5.97 Å². The summed E-state index contributed by atoms with van der Waals surface area (Å²) in [6, 6.07) is 16.9. The molecular formula is C27H36O2. The SMILES string of the molecule is CCCCCC1CCC(c2ccc(-c3ccc(OC(=O)CCC)cc3)cc2)CC1. The fourth-order valence-electron chi connectivity index (χ4n) is 4.52. The highest BCUT2D eigenvalue weighted by Gasteiger charge is 2.22. The molecule has 29 heavy (non-hydrogen) atoms. The smallest absolute Gasteiger partial charge is 0.311 e.